The van der Waals surface area contributed by atoms with E-state index in [9.17, 15) is 14.7 Å². The second-order valence-corrected chi connectivity index (χ2v) is 7.68. The van der Waals surface area contributed by atoms with Gasteiger partial charge in [-0.3, -0.25) is 9.69 Å². The zero-order valence-corrected chi connectivity index (χ0v) is 17.4. The third-order valence-electron chi connectivity index (χ3n) is 5.57. The standard InChI is InChI=1S/C24H25NO6/c1-29-24(28)16-6-8-17(9-7-16)31-21-15-30-23-18(22(21)27)10-11-20(26)19(23)14-25-12-4-2-3-5-13-25/h6-11,15,26H,2-5,12-14H2,1H3. The Morgan fingerprint density at radius 3 is 2.45 bits per heavy atom. The Kier molecular flexibility index (Phi) is 6.23. The minimum atomic E-state index is -0.450. The van der Waals surface area contributed by atoms with Crippen LogP contribution in [0.15, 0.2) is 51.9 Å². The monoisotopic (exact) mass is 423 g/mol. The lowest BCUT2D eigenvalue weighted by Gasteiger charge is -2.20. The molecule has 2 aromatic carbocycles. The maximum Gasteiger partial charge on any atom is 0.337 e. The summed E-state index contributed by atoms with van der Waals surface area (Å²) in [4.78, 5) is 26.9. The van der Waals surface area contributed by atoms with Crippen LogP contribution in [0.4, 0.5) is 0 Å². The average Bonchev–Trinajstić information content (AvgIpc) is 3.06. The zero-order valence-electron chi connectivity index (χ0n) is 17.4. The van der Waals surface area contributed by atoms with E-state index in [1.54, 1.807) is 30.3 Å². The summed E-state index contributed by atoms with van der Waals surface area (Å²) in [7, 11) is 1.31. The lowest BCUT2D eigenvalue weighted by Crippen LogP contribution is -2.24. The van der Waals surface area contributed by atoms with E-state index in [0.717, 1.165) is 25.9 Å². The number of carbonyl (C=O) groups excluding carboxylic acids is 1. The summed E-state index contributed by atoms with van der Waals surface area (Å²) in [5.74, 6) is 0.0908. The third-order valence-corrected chi connectivity index (χ3v) is 5.57. The van der Waals surface area contributed by atoms with Gasteiger partial charge < -0.3 is 19.0 Å². The fraction of sp³-hybridized carbons (Fsp3) is 0.333. The van der Waals surface area contributed by atoms with Crippen LogP contribution in [-0.2, 0) is 11.3 Å². The first-order valence-corrected chi connectivity index (χ1v) is 10.4. The van der Waals surface area contributed by atoms with E-state index < -0.39 is 5.97 Å². The second-order valence-electron chi connectivity index (χ2n) is 7.68. The van der Waals surface area contributed by atoms with E-state index in [-0.39, 0.29) is 16.9 Å². The molecule has 0 aliphatic carbocycles. The van der Waals surface area contributed by atoms with Gasteiger partial charge in [-0.05, 0) is 62.3 Å². The van der Waals surface area contributed by atoms with Crippen LogP contribution in [0.2, 0.25) is 0 Å². The van der Waals surface area contributed by atoms with E-state index >= 15 is 0 Å². The van der Waals surface area contributed by atoms with Gasteiger partial charge in [-0.2, -0.15) is 0 Å². The van der Waals surface area contributed by atoms with Gasteiger partial charge in [-0.25, -0.2) is 4.79 Å². The quantitative estimate of drug-likeness (QED) is 0.606. The summed E-state index contributed by atoms with van der Waals surface area (Å²) >= 11 is 0. The molecule has 0 saturated carbocycles. The van der Waals surface area contributed by atoms with Crippen LogP contribution >= 0.6 is 0 Å². The number of hydrogen-bond donors (Lipinski definition) is 1. The van der Waals surface area contributed by atoms with E-state index in [1.807, 2.05) is 0 Å². The molecule has 0 spiro atoms. The van der Waals surface area contributed by atoms with E-state index in [0.29, 0.717) is 34.4 Å². The Labute approximate surface area is 179 Å². The maximum atomic E-state index is 13.0. The predicted molar refractivity (Wildman–Crippen MR) is 116 cm³/mol. The molecule has 0 unspecified atom stereocenters. The average molecular weight is 423 g/mol. The number of nitrogens with zero attached hydrogens (tertiary/aromatic N) is 1. The van der Waals surface area contributed by atoms with Crippen molar-refractivity contribution < 1.29 is 23.8 Å². The summed E-state index contributed by atoms with van der Waals surface area (Å²) in [6.07, 6.45) is 5.96. The van der Waals surface area contributed by atoms with Crippen LogP contribution in [0.5, 0.6) is 17.2 Å². The van der Waals surface area contributed by atoms with Crippen LogP contribution in [0.3, 0.4) is 0 Å². The number of likely N-dealkylation sites (tertiary alicyclic amines) is 1. The molecule has 4 rings (SSSR count). The van der Waals surface area contributed by atoms with Gasteiger partial charge >= 0.3 is 5.97 Å². The zero-order chi connectivity index (χ0) is 21.8. The van der Waals surface area contributed by atoms with Crippen molar-refractivity contribution in [2.45, 2.75) is 32.2 Å². The van der Waals surface area contributed by atoms with Gasteiger partial charge in [-0.15, -0.1) is 0 Å². The normalized spacial score (nSPS) is 14.9. The first-order chi connectivity index (χ1) is 15.1. The first kappa shape index (κ1) is 20.9. The summed E-state index contributed by atoms with van der Waals surface area (Å²) in [6.45, 7) is 2.45. The number of benzene rings is 2. The van der Waals surface area contributed by atoms with Crippen molar-refractivity contribution >= 4 is 16.9 Å². The topological polar surface area (TPSA) is 89.2 Å². The SMILES string of the molecule is COC(=O)c1ccc(Oc2coc3c(CN4CCCCCC4)c(O)ccc3c2=O)cc1. The molecule has 31 heavy (non-hydrogen) atoms. The van der Waals surface area contributed by atoms with Crippen molar-refractivity contribution in [1.82, 2.24) is 4.90 Å². The molecule has 1 fully saturated rings. The Balaban J connectivity index is 1.62. The predicted octanol–water partition coefficient (Wildman–Crippen LogP) is 4.45. The van der Waals surface area contributed by atoms with Gasteiger partial charge in [0.15, 0.2) is 0 Å². The summed E-state index contributed by atoms with van der Waals surface area (Å²) in [5.41, 5.74) is 1.05. The molecule has 7 heteroatoms. The number of methoxy groups -OCH3 is 1. The van der Waals surface area contributed by atoms with Crippen molar-refractivity contribution in [2.75, 3.05) is 20.2 Å². The van der Waals surface area contributed by atoms with Crippen LogP contribution in [0.25, 0.3) is 11.0 Å². The molecule has 1 aliphatic heterocycles. The van der Waals surface area contributed by atoms with E-state index in [4.69, 9.17) is 9.15 Å². The number of aromatic hydroxyl groups is 1. The maximum absolute atomic E-state index is 13.0. The van der Waals surface area contributed by atoms with Gasteiger partial charge in [-0.1, -0.05) is 12.8 Å². The highest BCUT2D eigenvalue weighted by molar-refractivity contribution is 5.89. The molecule has 162 valence electrons. The molecule has 1 N–H and O–H groups in total. The van der Waals surface area contributed by atoms with Crippen molar-refractivity contribution in [3.8, 4) is 17.2 Å². The fourth-order valence-electron chi connectivity index (χ4n) is 3.87. The van der Waals surface area contributed by atoms with E-state index in [2.05, 4.69) is 9.64 Å². The first-order valence-electron chi connectivity index (χ1n) is 10.4. The van der Waals surface area contributed by atoms with Crippen LogP contribution in [0, 0.1) is 0 Å². The number of esters is 1. The Morgan fingerprint density at radius 2 is 1.77 bits per heavy atom. The van der Waals surface area contributed by atoms with Crippen molar-refractivity contribution in [1.29, 1.82) is 0 Å². The van der Waals surface area contributed by atoms with Gasteiger partial charge in [0.25, 0.3) is 0 Å². The molecule has 1 saturated heterocycles. The number of rotatable bonds is 5. The molecule has 0 atom stereocenters. The number of hydrogen-bond acceptors (Lipinski definition) is 7. The van der Waals surface area contributed by atoms with Crippen LogP contribution in [-0.4, -0.2) is 36.2 Å². The molecular weight excluding hydrogens is 398 g/mol. The minimum absolute atomic E-state index is 0.0322. The molecule has 2 heterocycles. The molecule has 7 nitrogen and oxygen atoms in total. The molecule has 1 aliphatic rings. The smallest absolute Gasteiger partial charge is 0.337 e. The van der Waals surface area contributed by atoms with Gasteiger partial charge in [0.1, 0.15) is 23.3 Å². The molecule has 0 amide bonds. The number of ether oxygens (including phenoxy) is 2. The van der Waals surface area contributed by atoms with Crippen LogP contribution in [0.1, 0.15) is 41.6 Å². The molecule has 0 radical (unpaired) electrons. The summed E-state index contributed by atoms with van der Waals surface area (Å²) < 4.78 is 16.1. The highest BCUT2D eigenvalue weighted by atomic mass is 16.5. The molecular formula is C24H25NO6. The minimum Gasteiger partial charge on any atom is -0.507 e. The number of fused-ring (bicyclic) bond motifs is 1. The summed E-state index contributed by atoms with van der Waals surface area (Å²) in [5, 5.41) is 10.8. The number of carbonyl (C=O) groups is 1. The third kappa shape index (κ3) is 4.56. The van der Waals surface area contributed by atoms with Crippen molar-refractivity contribution in [3.05, 3.63) is 64.0 Å². The molecule has 1 aromatic heterocycles. The molecule has 0 bridgehead atoms. The second kappa shape index (κ2) is 9.22. The Morgan fingerprint density at radius 1 is 1.06 bits per heavy atom. The van der Waals surface area contributed by atoms with Gasteiger partial charge in [0, 0.05) is 6.54 Å². The summed E-state index contributed by atoms with van der Waals surface area (Å²) in [6, 6.07) is 9.36. The lowest BCUT2D eigenvalue weighted by molar-refractivity contribution is 0.0600. The lowest BCUT2D eigenvalue weighted by atomic mass is 10.1. The van der Waals surface area contributed by atoms with Crippen molar-refractivity contribution in [3.63, 3.8) is 0 Å². The highest BCUT2D eigenvalue weighted by Gasteiger charge is 2.18. The van der Waals surface area contributed by atoms with E-state index in [1.165, 1.54) is 32.3 Å². The Hall–Kier alpha value is -3.32. The highest BCUT2D eigenvalue weighted by Crippen LogP contribution is 2.30. The van der Waals surface area contributed by atoms with Gasteiger partial charge in [0.05, 0.1) is 23.6 Å². The number of phenols is 1. The van der Waals surface area contributed by atoms with Crippen LogP contribution < -0.4 is 10.2 Å². The van der Waals surface area contributed by atoms with Crippen molar-refractivity contribution in [2.24, 2.45) is 0 Å². The Bertz CT molecular complexity index is 1130. The fourth-order valence-corrected chi connectivity index (χ4v) is 3.87. The molecule has 3 aromatic rings. The largest absolute Gasteiger partial charge is 0.507 e. The van der Waals surface area contributed by atoms with Gasteiger partial charge in [0.2, 0.25) is 11.2 Å². The number of phenolic OH excluding ortho intramolecular Hbond substituents is 1.